The third-order valence-electron chi connectivity index (χ3n) is 3.14. The molecule has 0 radical (unpaired) electrons. The van der Waals surface area contributed by atoms with E-state index in [-0.39, 0.29) is 21.4 Å². The van der Waals surface area contributed by atoms with Crippen LogP contribution in [0.2, 0.25) is 10.0 Å². The molecule has 2 N–H and O–H groups in total. The van der Waals surface area contributed by atoms with Crippen molar-refractivity contribution in [1.29, 1.82) is 0 Å². The number of nitrogens with two attached hydrogens (primary N) is 1. The Bertz CT molecular complexity index is 765. The number of anilines is 1. The van der Waals surface area contributed by atoms with Gasteiger partial charge < -0.3 is 5.73 Å². The first-order valence-corrected chi connectivity index (χ1v) is 8.65. The fourth-order valence-electron chi connectivity index (χ4n) is 2.08. The Labute approximate surface area is 133 Å². The summed E-state index contributed by atoms with van der Waals surface area (Å²) in [5, 5.41) is 4.68. The van der Waals surface area contributed by atoms with Crippen molar-refractivity contribution in [1.82, 2.24) is 9.78 Å². The van der Waals surface area contributed by atoms with Crippen LogP contribution in [-0.4, -0.2) is 18.2 Å². The van der Waals surface area contributed by atoms with Crippen molar-refractivity contribution < 1.29 is 8.42 Å². The van der Waals surface area contributed by atoms with Gasteiger partial charge in [-0.2, -0.15) is 5.10 Å². The summed E-state index contributed by atoms with van der Waals surface area (Å²) in [4.78, 5) is -0.0676. The highest BCUT2D eigenvalue weighted by Crippen LogP contribution is 2.32. The third-order valence-corrected chi connectivity index (χ3v) is 5.73. The molecule has 0 aliphatic carbocycles. The number of benzene rings is 1. The lowest BCUT2D eigenvalue weighted by atomic mass is 10.3. The summed E-state index contributed by atoms with van der Waals surface area (Å²) < 4.78 is 26.6. The van der Waals surface area contributed by atoms with Crippen LogP contribution < -0.4 is 5.73 Å². The van der Waals surface area contributed by atoms with E-state index in [1.54, 1.807) is 13.1 Å². The van der Waals surface area contributed by atoms with Gasteiger partial charge in [0.05, 0.1) is 32.9 Å². The fourth-order valence-corrected chi connectivity index (χ4v) is 4.68. The quantitative estimate of drug-likeness (QED) is 0.862. The van der Waals surface area contributed by atoms with E-state index in [2.05, 4.69) is 5.10 Å². The van der Waals surface area contributed by atoms with E-state index in [4.69, 9.17) is 28.9 Å². The molecule has 114 valence electrons. The highest BCUT2D eigenvalue weighted by atomic mass is 35.5. The average Bonchev–Trinajstić information content (AvgIpc) is 2.65. The summed E-state index contributed by atoms with van der Waals surface area (Å²) in [6.45, 7) is 1.90. The molecule has 1 aromatic carbocycles. The summed E-state index contributed by atoms with van der Waals surface area (Å²) in [6, 6.07) is 4.59. The summed E-state index contributed by atoms with van der Waals surface area (Å²) in [6.07, 6.45) is 0.626. The van der Waals surface area contributed by atoms with Gasteiger partial charge in [-0.3, -0.25) is 4.68 Å². The molecule has 0 atom stereocenters. The van der Waals surface area contributed by atoms with Crippen LogP contribution in [0.3, 0.4) is 0 Å². The Morgan fingerprint density at radius 3 is 2.52 bits per heavy atom. The van der Waals surface area contributed by atoms with Gasteiger partial charge in [0.15, 0.2) is 9.84 Å². The Hall–Kier alpha value is -1.24. The van der Waals surface area contributed by atoms with Gasteiger partial charge >= 0.3 is 0 Å². The normalized spacial score (nSPS) is 11.8. The first-order chi connectivity index (χ1) is 9.77. The number of nitrogens with zero attached hydrogens (tertiary/aromatic N) is 2. The first-order valence-electron chi connectivity index (χ1n) is 6.25. The number of sulfone groups is 1. The summed E-state index contributed by atoms with van der Waals surface area (Å²) in [7, 11) is -2.06. The molecule has 0 saturated carbocycles. The minimum atomic E-state index is -3.72. The lowest BCUT2D eigenvalue weighted by Gasteiger charge is -2.10. The second kappa shape index (κ2) is 5.87. The van der Waals surface area contributed by atoms with Gasteiger partial charge in [-0.15, -0.1) is 0 Å². The monoisotopic (exact) mass is 347 g/mol. The number of aryl methyl sites for hydroxylation is 2. The Morgan fingerprint density at radius 2 is 2.00 bits per heavy atom. The van der Waals surface area contributed by atoms with Crippen molar-refractivity contribution in [3.63, 3.8) is 0 Å². The number of hydrogen-bond donors (Lipinski definition) is 1. The van der Waals surface area contributed by atoms with E-state index < -0.39 is 9.84 Å². The molecule has 0 fully saturated rings. The highest BCUT2D eigenvalue weighted by Gasteiger charge is 2.25. The van der Waals surface area contributed by atoms with Crippen LogP contribution in [0.4, 0.5) is 5.69 Å². The molecule has 0 aliphatic rings. The van der Waals surface area contributed by atoms with Crippen LogP contribution in [0, 0.1) is 0 Å². The van der Waals surface area contributed by atoms with Crippen molar-refractivity contribution in [2.24, 2.45) is 7.05 Å². The second-order valence-corrected chi connectivity index (χ2v) is 7.31. The Balaban J connectivity index is 2.50. The second-order valence-electron chi connectivity index (χ2n) is 4.60. The molecule has 8 heteroatoms. The molecule has 0 saturated heterocycles. The van der Waals surface area contributed by atoms with Crippen LogP contribution in [0.25, 0.3) is 0 Å². The lowest BCUT2D eigenvalue weighted by molar-refractivity contribution is 0.592. The van der Waals surface area contributed by atoms with Crippen LogP contribution in [0.5, 0.6) is 0 Å². The molecule has 0 spiro atoms. The standard InChI is InChI=1S/C13H15Cl2N3O2S/c1-3-10-12(15)11(18(2)17-10)7-21(19,20)13-8(14)5-4-6-9(13)16/h4-6H,3,7,16H2,1-2H3. The topological polar surface area (TPSA) is 78.0 Å². The number of nitrogen functional groups attached to an aromatic ring is 1. The maximum Gasteiger partial charge on any atom is 0.187 e. The molecule has 0 amide bonds. The van der Waals surface area contributed by atoms with E-state index in [1.165, 1.54) is 16.8 Å². The van der Waals surface area contributed by atoms with Crippen molar-refractivity contribution in [3.8, 4) is 0 Å². The van der Waals surface area contributed by atoms with Crippen LogP contribution >= 0.6 is 23.2 Å². The van der Waals surface area contributed by atoms with Gasteiger partial charge in [0, 0.05) is 7.05 Å². The molecule has 0 unspecified atom stereocenters. The summed E-state index contributed by atoms with van der Waals surface area (Å²) in [5.74, 6) is -0.302. The number of halogens is 2. The lowest BCUT2D eigenvalue weighted by Crippen LogP contribution is -2.11. The van der Waals surface area contributed by atoms with Gasteiger partial charge in [0.1, 0.15) is 4.90 Å². The number of hydrogen-bond acceptors (Lipinski definition) is 4. The number of aromatic nitrogens is 2. The van der Waals surface area contributed by atoms with Gasteiger partial charge in [-0.1, -0.05) is 36.2 Å². The maximum atomic E-state index is 12.6. The average molecular weight is 348 g/mol. The van der Waals surface area contributed by atoms with Crippen LogP contribution in [0.15, 0.2) is 23.1 Å². The predicted octanol–water partition coefficient (Wildman–Crippen LogP) is 2.85. The van der Waals surface area contributed by atoms with Crippen molar-refractivity contribution >= 4 is 38.7 Å². The molecule has 0 aliphatic heterocycles. The van der Waals surface area contributed by atoms with Crippen molar-refractivity contribution in [3.05, 3.63) is 39.6 Å². The third kappa shape index (κ3) is 3.02. The van der Waals surface area contributed by atoms with Gasteiger partial charge in [-0.05, 0) is 18.6 Å². The zero-order valence-corrected chi connectivity index (χ0v) is 13.9. The maximum absolute atomic E-state index is 12.6. The molecule has 1 heterocycles. The van der Waals surface area contributed by atoms with E-state index >= 15 is 0 Å². The van der Waals surface area contributed by atoms with Gasteiger partial charge in [-0.25, -0.2) is 8.42 Å². The molecular formula is C13H15Cl2N3O2S. The van der Waals surface area contributed by atoms with E-state index in [1.807, 2.05) is 6.92 Å². The Kier molecular flexibility index (Phi) is 4.51. The van der Waals surface area contributed by atoms with Gasteiger partial charge in [0.25, 0.3) is 0 Å². The molecule has 2 rings (SSSR count). The minimum absolute atomic E-state index is 0.0676. The summed E-state index contributed by atoms with van der Waals surface area (Å²) >= 11 is 12.2. The van der Waals surface area contributed by atoms with Crippen molar-refractivity contribution in [2.45, 2.75) is 24.0 Å². The number of rotatable bonds is 4. The zero-order valence-electron chi connectivity index (χ0n) is 11.6. The van der Waals surface area contributed by atoms with Crippen molar-refractivity contribution in [2.75, 3.05) is 5.73 Å². The zero-order chi connectivity index (χ0) is 15.8. The highest BCUT2D eigenvalue weighted by molar-refractivity contribution is 7.91. The largest absolute Gasteiger partial charge is 0.398 e. The van der Waals surface area contributed by atoms with E-state index in [9.17, 15) is 8.42 Å². The minimum Gasteiger partial charge on any atom is -0.398 e. The molecule has 21 heavy (non-hydrogen) atoms. The Morgan fingerprint density at radius 1 is 1.33 bits per heavy atom. The van der Waals surface area contributed by atoms with Gasteiger partial charge in [0.2, 0.25) is 0 Å². The van der Waals surface area contributed by atoms with Crippen LogP contribution in [0.1, 0.15) is 18.3 Å². The predicted molar refractivity (Wildman–Crippen MR) is 84.4 cm³/mol. The SMILES string of the molecule is CCc1nn(C)c(CS(=O)(=O)c2c(N)cccc2Cl)c1Cl. The summed E-state index contributed by atoms with van der Waals surface area (Å²) in [5.41, 5.74) is 6.96. The molecule has 5 nitrogen and oxygen atoms in total. The van der Waals surface area contributed by atoms with E-state index in [0.717, 1.165) is 0 Å². The van der Waals surface area contributed by atoms with Crippen LogP contribution in [-0.2, 0) is 29.1 Å². The molecule has 2 aromatic rings. The first kappa shape index (κ1) is 16.1. The fraction of sp³-hybridized carbons (Fsp3) is 0.308. The molecule has 0 bridgehead atoms. The molecular weight excluding hydrogens is 333 g/mol. The smallest absolute Gasteiger partial charge is 0.187 e. The molecule has 1 aromatic heterocycles. The van der Waals surface area contributed by atoms with E-state index in [0.29, 0.717) is 22.8 Å².